The number of aromatic nitrogens is 2. The maximum absolute atomic E-state index is 8.61. The van der Waals surface area contributed by atoms with Gasteiger partial charge in [-0.2, -0.15) is 4.98 Å². The van der Waals surface area contributed by atoms with Gasteiger partial charge in [-0.3, -0.25) is 16.1 Å². The van der Waals surface area contributed by atoms with Crippen molar-refractivity contribution in [3.05, 3.63) is 17.5 Å². The Labute approximate surface area is 94.2 Å². The highest BCUT2D eigenvalue weighted by molar-refractivity contribution is 5.93. The van der Waals surface area contributed by atoms with Gasteiger partial charge in [0.2, 0.25) is 0 Å². The lowest BCUT2D eigenvalue weighted by molar-refractivity contribution is 0.233. The Morgan fingerprint density at radius 3 is 2.81 bits per heavy atom. The molecule has 88 valence electrons. The van der Waals surface area contributed by atoms with Crippen LogP contribution in [0.3, 0.4) is 0 Å². The zero-order valence-corrected chi connectivity index (χ0v) is 9.61. The first-order valence-corrected chi connectivity index (χ1v) is 5.00. The van der Waals surface area contributed by atoms with Gasteiger partial charge < -0.3 is 4.74 Å². The van der Waals surface area contributed by atoms with Crippen LogP contribution in [0.4, 0.5) is 0 Å². The van der Waals surface area contributed by atoms with E-state index in [1.54, 1.807) is 18.5 Å². The van der Waals surface area contributed by atoms with Gasteiger partial charge in [0, 0.05) is 5.69 Å². The van der Waals surface area contributed by atoms with Crippen molar-refractivity contribution in [1.29, 1.82) is 5.41 Å². The van der Waals surface area contributed by atoms with E-state index < -0.39 is 0 Å². The molecule has 0 aliphatic heterocycles. The highest BCUT2D eigenvalue weighted by Crippen LogP contribution is 2.08. The van der Waals surface area contributed by atoms with Crippen molar-refractivity contribution in [2.45, 2.75) is 20.8 Å². The minimum absolute atomic E-state index is 0.181. The summed E-state index contributed by atoms with van der Waals surface area (Å²) in [7, 11) is 0. The lowest BCUT2D eigenvalue weighted by atomic mass is 10.2. The summed E-state index contributed by atoms with van der Waals surface area (Å²) in [6, 6.07) is 1.82. The molecule has 16 heavy (non-hydrogen) atoms. The van der Waals surface area contributed by atoms with E-state index in [9.17, 15) is 0 Å². The van der Waals surface area contributed by atoms with Gasteiger partial charge in [0.1, 0.15) is 5.69 Å². The van der Waals surface area contributed by atoms with Crippen LogP contribution < -0.4 is 10.2 Å². The molecule has 0 fully saturated rings. The molecule has 0 atom stereocenters. The largest absolute Gasteiger partial charge is 0.463 e. The van der Waals surface area contributed by atoms with E-state index in [1.165, 1.54) is 0 Å². The summed E-state index contributed by atoms with van der Waals surface area (Å²) < 4.78 is 5.36. The van der Waals surface area contributed by atoms with Crippen LogP contribution in [0.2, 0.25) is 0 Å². The van der Waals surface area contributed by atoms with Crippen LogP contribution in [0.5, 0.6) is 6.01 Å². The number of rotatable bonds is 4. The lowest BCUT2D eigenvalue weighted by Gasteiger charge is -2.09. The van der Waals surface area contributed by atoms with Gasteiger partial charge in [0.05, 0.1) is 6.61 Å². The highest BCUT2D eigenvalue weighted by Gasteiger charge is 2.07. The number of hydrogen-bond donors (Lipinski definition) is 3. The average molecular weight is 224 g/mol. The number of hydroxylamine groups is 1. The molecular weight excluding hydrogens is 208 g/mol. The molecule has 6 nitrogen and oxygen atoms in total. The van der Waals surface area contributed by atoms with Gasteiger partial charge in [0.25, 0.3) is 0 Å². The average Bonchev–Trinajstić information content (AvgIpc) is 2.24. The Hall–Kier alpha value is -1.69. The predicted molar refractivity (Wildman–Crippen MR) is 58.9 cm³/mol. The summed E-state index contributed by atoms with van der Waals surface area (Å²) in [5.41, 5.74) is 2.72. The number of nitrogens with one attached hydrogen (secondary N) is 2. The molecule has 0 saturated carbocycles. The summed E-state index contributed by atoms with van der Waals surface area (Å²) in [5, 5.41) is 16.0. The quantitative estimate of drug-likeness (QED) is 0.405. The maximum Gasteiger partial charge on any atom is 0.317 e. The van der Waals surface area contributed by atoms with E-state index in [4.69, 9.17) is 15.4 Å². The molecule has 0 bridgehead atoms. The van der Waals surface area contributed by atoms with Crippen molar-refractivity contribution in [3.63, 3.8) is 0 Å². The smallest absolute Gasteiger partial charge is 0.317 e. The minimum atomic E-state index is -0.181. The summed E-state index contributed by atoms with van der Waals surface area (Å²) in [4.78, 5) is 8.08. The molecule has 6 heteroatoms. The Morgan fingerprint density at radius 2 is 2.25 bits per heavy atom. The van der Waals surface area contributed by atoms with E-state index in [2.05, 4.69) is 9.97 Å². The summed E-state index contributed by atoms with van der Waals surface area (Å²) in [5.74, 6) is 0.197. The number of ether oxygens (including phenoxy) is 1. The number of hydrogen-bond acceptors (Lipinski definition) is 5. The first-order chi connectivity index (χ1) is 7.52. The molecule has 0 unspecified atom stereocenters. The van der Waals surface area contributed by atoms with Gasteiger partial charge in [-0.05, 0) is 18.9 Å². The van der Waals surface area contributed by atoms with E-state index >= 15 is 0 Å². The molecule has 1 heterocycles. The molecule has 0 amide bonds. The molecule has 1 aromatic heterocycles. The molecular formula is C10H16N4O2. The maximum atomic E-state index is 8.61. The third-order valence-corrected chi connectivity index (χ3v) is 1.75. The van der Waals surface area contributed by atoms with Gasteiger partial charge in [-0.1, -0.05) is 13.8 Å². The summed E-state index contributed by atoms with van der Waals surface area (Å²) >= 11 is 0. The zero-order valence-electron chi connectivity index (χ0n) is 9.61. The fraction of sp³-hybridized carbons (Fsp3) is 0.500. The Kier molecular flexibility index (Phi) is 4.19. The first-order valence-electron chi connectivity index (χ1n) is 5.00. The lowest BCUT2D eigenvalue weighted by Crippen LogP contribution is -2.21. The van der Waals surface area contributed by atoms with Crippen LogP contribution >= 0.6 is 0 Å². The van der Waals surface area contributed by atoms with Crippen LogP contribution in [0.15, 0.2) is 6.07 Å². The zero-order chi connectivity index (χ0) is 12.1. The number of nitrogens with zero attached hydrogens (tertiary/aromatic N) is 2. The Bertz CT molecular complexity index is 379. The monoisotopic (exact) mass is 224 g/mol. The highest BCUT2D eigenvalue weighted by atomic mass is 16.5. The third kappa shape index (κ3) is 3.47. The van der Waals surface area contributed by atoms with Crippen molar-refractivity contribution in [3.8, 4) is 6.01 Å². The van der Waals surface area contributed by atoms with Crippen LogP contribution in [0, 0.1) is 18.3 Å². The number of amidine groups is 1. The van der Waals surface area contributed by atoms with Crippen LogP contribution in [0.1, 0.15) is 25.2 Å². The molecule has 1 aromatic rings. The normalized spacial score (nSPS) is 10.3. The van der Waals surface area contributed by atoms with E-state index in [1.807, 2.05) is 13.8 Å². The molecule has 0 aliphatic carbocycles. The third-order valence-electron chi connectivity index (χ3n) is 1.75. The fourth-order valence-corrected chi connectivity index (χ4v) is 1.03. The second-order valence-electron chi connectivity index (χ2n) is 3.87. The van der Waals surface area contributed by atoms with Gasteiger partial charge in [0.15, 0.2) is 5.84 Å². The molecule has 0 aromatic carbocycles. The van der Waals surface area contributed by atoms with Crippen molar-refractivity contribution < 1.29 is 9.94 Å². The van der Waals surface area contributed by atoms with Crippen LogP contribution in [-0.2, 0) is 0 Å². The van der Waals surface area contributed by atoms with E-state index in [0.717, 1.165) is 0 Å². The Morgan fingerprint density at radius 1 is 1.56 bits per heavy atom. The van der Waals surface area contributed by atoms with E-state index in [0.29, 0.717) is 23.9 Å². The SMILES string of the molecule is Cc1cc(C(=N)NO)nc(OCC(C)C)n1. The second-order valence-corrected chi connectivity index (χ2v) is 3.87. The second kappa shape index (κ2) is 5.41. The predicted octanol–water partition coefficient (Wildman–Crippen LogP) is 1.12. The molecule has 1 rings (SSSR count). The molecule has 0 radical (unpaired) electrons. The summed E-state index contributed by atoms with van der Waals surface area (Å²) in [6.45, 7) is 6.34. The molecule has 0 aliphatic rings. The van der Waals surface area contributed by atoms with Crippen LogP contribution in [-0.4, -0.2) is 27.6 Å². The number of aryl methyl sites for hydroxylation is 1. The Balaban J connectivity index is 2.85. The molecule has 0 spiro atoms. The first kappa shape index (κ1) is 12.4. The minimum Gasteiger partial charge on any atom is -0.463 e. The topological polar surface area (TPSA) is 91.1 Å². The fourth-order valence-electron chi connectivity index (χ4n) is 1.03. The van der Waals surface area contributed by atoms with Crippen molar-refractivity contribution >= 4 is 5.84 Å². The van der Waals surface area contributed by atoms with Crippen LogP contribution in [0.25, 0.3) is 0 Å². The van der Waals surface area contributed by atoms with Gasteiger partial charge in [-0.15, -0.1) is 0 Å². The molecule has 0 saturated heterocycles. The van der Waals surface area contributed by atoms with E-state index in [-0.39, 0.29) is 11.8 Å². The molecule has 3 N–H and O–H groups in total. The van der Waals surface area contributed by atoms with Gasteiger partial charge in [-0.25, -0.2) is 4.98 Å². The standard InChI is InChI=1S/C10H16N4O2/c1-6(2)5-16-10-12-7(3)4-8(13-10)9(11)14-15/h4,6,15H,5H2,1-3H3,(H2,11,14). The summed E-state index contributed by atoms with van der Waals surface area (Å²) in [6.07, 6.45) is 0. The van der Waals surface area contributed by atoms with Crippen molar-refractivity contribution in [2.75, 3.05) is 6.61 Å². The van der Waals surface area contributed by atoms with Crippen molar-refractivity contribution in [2.24, 2.45) is 5.92 Å². The van der Waals surface area contributed by atoms with Gasteiger partial charge >= 0.3 is 6.01 Å². The van der Waals surface area contributed by atoms with Crippen molar-refractivity contribution in [1.82, 2.24) is 15.4 Å².